The van der Waals surface area contributed by atoms with Gasteiger partial charge in [0.25, 0.3) is 0 Å². The Kier molecular flexibility index (Phi) is 4.37. The molecule has 1 saturated heterocycles. The SMILES string of the molecule is C/C=C(\C)CN1CCN(c2ccc(F)cc2)CC1. The topological polar surface area (TPSA) is 6.48 Å². The van der Waals surface area contributed by atoms with Crippen molar-refractivity contribution < 1.29 is 4.39 Å². The van der Waals surface area contributed by atoms with E-state index in [1.54, 1.807) is 0 Å². The van der Waals surface area contributed by atoms with Gasteiger partial charge < -0.3 is 4.90 Å². The van der Waals surface area contributed by atoms with Gasteiger partial charge in [0.1, 0.15) is 5.82 Å². The number of allylic oxidation sites excluding steroid dienone is 1. The molecule has 0 N–H and O–H groups in total. The van der Waals surface area contributed by atoms with Crippen molar-refractivity contribution in [2.75, 3.05) is 37.6 Å². The Morgan fingerprint density at radius 1 is 1.17 bits per heavy atom. The summed E-state index contributed by atoms with van der Waals surface area (Å²) in [6.07, 6.45) is 2.17. The predicted octanol–water partition coefficient (Wildman–Crippen LogP) is 2.91. The number of hydrogen-bond donors (Lipinski definition) is 0. The van der Waals surface area contributed by atoms with Gasteiger partial charge in [0, 0.05) is 38.4 Å². The Morgan fingerprint density at radius 2 is 1.78 bits per heavy atom. The summed E-state index contributed by atoms with van der Waals surface area (Å²) in [7, 11) is 0. The highest BCUT2D eigenvalue weighted by atomic mass is 19.1. The Bertz CT molecular complexity index is 403. The second-order valence-electron chi connectivity index (χ2n) is 4.87. The maximum Gasteiger partial charge on any atom is 0.123 e. The first-order valence-electron chi connectivity index (χ1n) is 6.53. The van der Waals surface area contributed by atoms with Gasteiger partial charge in [-0.05, 0) is 38.1 Å². The van der Waals surface area contributed by atoms with Crippen LogP contribution in [0.2, 0.25) is 0 Å². The van der Waals surface area contributed by atoms with Crippen LogP contribution in [0.4, 0.5) is 10.1 Å². The summed E-state index contributed by atoms with van der Waals surface area (Å²) in [6.45, 7) is 9.50. The number of halogens is 1. The minimum Gasteiger partial charge on any atom is -0.369 e. The van der Waals surface area contributed by atoms with Gasteiger partial charge in [-0.2, -0.15) is 0 Å². The van der Waals surface area contributed by atoms with Gasteiger partial charge in [-0.25, -0.2) is 4.39 Å². The minimum atomic E-state index is -0.166. The number of benzene rings is 1. The molecule has 3 heteroatoms. The molecule has 0 amide bonds. The summed E-state index contributed by atoms with van der Waals surface area (Å²) in [5.41, 5.74) is 2.55. The highest BCUT2D eigenvalue weighted by molar-refractivity contribution is 5.46. The van der Waals surface area contributed by atoms with Crippen LogP contribution in [0.3, 0.4) is 0 Å². The van der Waals surface area contributed by atoms with E-state index in [0.717, 1.165) is 38.4 Å². The van der Waals surface area contributed by atoms with Gasteiger partial charge in [0.05, 0.1) is 0 Å². The Labute approximate surface area is 109 Å². The van der Waals surface area contributed by atoms with E-state index in [9.17, 15) is 4.39 Å². The normalized spacial score (nSPS) is 18.2. The molecule has 0 radical (unpaired) electrons. The molecule has 0 saturated carbocycles. The summed E-state index contributed by atoms with van der Waals surface area (Å²) < 4.78 is 12.9. The summed E-state index contributed by atoms with van der Waals surface area (Å²) in [4.78, 5) is 4.79. The maximum atomic E-state index is 12.9. The van der Waals surface area contributed by atoms with Crippen molar-refractivity contribution in [1.82, 2.24) is 4.90 Å². The molecule has 2 nitrogen and oxygen atoms in total. The standard InChI is InChI=1S/C15H21FN2/c1-3-13(2)12-17-8-10-18(11-9-17)15-6-4-14(16)5-7-15/h3-7H,8-12H2,1-2H3/b13-3+. The number of piperazine rings is 1. The molecular formula is C15H21FN2. The second-order valence-corrected chi connectivity index (χ2v) is 4.87. The Morgan fingerprint density at radius 3 is 2.33 bits per heavy atom. The van der Waals surface area contributed by atoms with E-state index in [4.69, 9.17) is 0 Å². The van der Waals surface area contributed by atoms with Crippen molar-refractivity contribution in [2.24, 2.45) is 0 Å². The first-order valence-corrected chi connectivity index (χ1v) is 6.53. The first kappa shape index (κ1) is 13.1. The highest BCUT2D eigenvalue weighted by Crippen LogP contribution is 2.17. The fraction of sp³-hybridized carbons (Fsp3) is 0.467. The zero-order valence-corrected chi connectivity index (χ0v) is 11.2. The molecule has 0 unspecified atom stereocenters. The Hall–Kier alpha value is -1.35. The lowest BCUT2D eigenvalue weighted by molar-refractivity contribution is 0.278. The Balaban J connectivity index is 1.88. The third-order valence-corrected chi connectivity index (χ3v) is 3.53. The molecule has 0 atom stereocenters. The van der Waals surface area contributed by atoms with E-state index in [-0.39, 0.29) is 5.82 Å². The number of rotatable bonds is 3. The van der Waals surface area contributed by atoms with Crippen molar-refractivity contribution in [3.05, 3.63) is 41.7 Å². The largest absolute Gasteiger partial charge is 0.369 e. The van der Waals surface area contributed by atoms with Crippen LogP contribution in [0.5, 0.6) is 0 Å². The molecule has 1 aromatic rings. The van der Waals surface area contributed by atoms with Crippen LogP contribution >= 0.6 is 0 Å². The molecule has 1 heterocycles. The molecule has 2 rings (SSSR count). The summed E-state index contributed by atoms with van der Waals surface area (Å²) in [5.74, 6) is -0.166. The molecule has 0 bridgehead atoms. The number of anilines is 1. The number of hydrogen-bond acceptors (Lipinski definition) is 2. The van der Waals surface area contributed by atoms with Gasteiger partial charge in [-0.1, -0.05) is 11.6 Å². The van der Waals surface area contributed by atoms with Crippen LogP contribution < -0.4 is 4.90 Å². The average Bonchev–Trinajstić information content (AvgIpc) is 2.40. The van der Waals surface area contributed by atoms with Crippen LogP contribution in [0, 0.1) is 5.82 Å². The quantitative estimate of drug-likeness (QED) is 0.759. The molecule has 18 heavy (non-hydrogen) atoms. The van der Waals surface area contributed by atoms with Crippen LogP contribution in [-0.2, 0) is 0 Å². The molecule has 1 aliphatic rings. The molecule has 1 aliphatic heterocycles. The van der Waals surface area contributed by atoms with E-state index in [0.29, 0.717) is 0 Å². The predicted molar refractivity (Wildman–Crippen MR) is 74.5 cm³/mol. The first-order chi connectivity index (χ1) is 8.69. The molecular weight excluding hydrogens is 227 g/mol. The van der Waals surface area contributed by atoms with Crippen molar-refractivity contribution in [3.8, 4) is 0 Å². The van der Waals surface area contributed by atoms with E-state index < -0.39 is 0 Å². The fourth-order valence-corrected chi connectivity index (χ4v) is 2.26. The summed E-state index contributed by atoms with van der Waals surface area (Å²) in [6, 6.07) is 6.79. The average molecular weight is 248 g/mol. The lowest BCUT2D eigenvalue weighted by Crippen LogP contribution is -2.46. The fourth-order valence-electron chi connectivity index (χ4n) is 2.26. The zero-order chi connectivity index (χ0) is 13.0. The molecule has 1 aromatic carbocycles. The van der Waals surface area contributed by atoms with E-state index in [1.165, 1.54) is 17.7 Å². The van der Waals surface area contributed by atoms with Gasteiger partial charge >= 0.3 is 0 Å². The third-order valence-electron chi connectivity index (χ3n) is 3.53. The van der Waals surface area contributed by atoms with Crippen LogP contribution in [0.15, 0.2) is 35.9 Å². The van der Waals surface area contributed by atoms with Crippen molar-refractivity contribution in [3.63, 3.8) is 0 Å². The molecule has 0 aliphatic carbocycles. The molecule has 0 aromatic heterocycles. The molecule has 98 valence electrons. The van der Waals surface area contributed by atoms with E-state index in [1.807, 2.05) is 12.1 Å². The lowest BCUT2D eigenvalue weighted by Gasteiger charge is -2.36. The van der Waals surface area contributed by atoms with Crippen LogP contribution in [0.25, 0.3) is 0 Å². The van der Waals surface area contributed by atoms with Gasteiger partial charge in [-0.15, -0.1) is 0 Å². The van der Waals surface area contributed by atoms with Gasteiger partial charge in [-0.3, -0.25) is 4.90 Å². The minimum absolute atomic E-state index is 0.166. The third kappa shape index (κ3) is 3.33. The summed E-state index contributed by atoms with van der Waals surface area (Å²) in [5, 5.41) is 0. The monoisotopic (exact) mass is 248 g/mol. The number of nitrogens with zero attached hydrogens (tertiary/aromatic N) is 2. The van der Waals surface area contributed by atoms with Gasteiger partial charge in [0.2, 0.25) is 0 Å². The lowest BCUT2D eigenvalue weighted by atomic mass is 10.2. The molecule has 0 spiro atoms. The van der Waals surface area contributed by atoms with E-state index >= 15 is 0 Å². The van der Waals surface area contributed by atoms with Crippen LogP contribution in [-0.4, -0.2) is 37.6 Å². The maximum absolute atomic E-state index is 12.9. The van der Waals surface area contributed by atoms with Crippen molar-refractivity contribution in [2.45, 2.75) is 13.8 Å². The second kappa shape index (κ2) is 6.01. The van der Waals surface area contributed by atoms with Crippen LogP contribution in [0.1, 0.15) is 13.8 Å². The van der Waals surface area contributed by atoms with Crippen molar-refractivity contribution >= 4 is 5.69 Å². The van der Waals surface area contributed by atoms with Gasteiger partial charge in [0.15, 0.2) is 0 Å². The summed E-state index contributed by atoms with van der Waals surface area (Å²) >= 11 is 0. The molecule has 1 fully saturated rings. The zero-order valence-electron chi connectivity index (χ0n) is 11.2. The van der Waals surface area contributed by atoms with E-state index in [2.05, 4.69) is 29.7 Å². The van der Waals surface area contributed by atoms with Crippen molar-refractivity contribution in [1.29, 1.82) is 0 Å². The smallest absolute Gasteiger partial charge is 0.123 e. The highest BCUT2D eigenvalue weighted by Gasteiger charge is 2.16.